The lowest BCUT2D eigenvalue weighted by Gasteiger charge is -2.11. The molecule has 1 aromatic heterocycles. The number of ether oxygens (including phenoxy) is 2. The number of aromatic nitrogens is 1. The third kappa shape index (κ3) is 6.51. The topological polar surface area (TPSA) is 67.8 Å². The highest BCUT2D eigenvalue weighted by atomic mass is 127. The number of halogens is 1. The highest BCUT2D eigenvalue weighted by Gasteiger charge is 2.13. The highest BCUT2D eigenvalue weighted by molar-refractivity contribution is 14.0. The molecule has 0 atom stereocenters. The summed E-state index contributed by atoms with van der Waals surface area (Å²) in [5.41, 5.74) is 2.34. The molecule has 6 nitrogen and oxygen atoms in total. The van der Waals surface area contributed by atoms with Gasteiger partial charge in [-0.3, -0.25) is 4.99 Å². The van der Waals surface area contributed by atoms with E-state index in [9.17, 15) is 0 Å². The number of nitrogens with zero attached hydrogens (tertiary/aromatic N) is 2. The van der Waals surface area contributed by atoms with Gasteiger partial charge in [-0.2, -0.15) is 0 Å². The van der Waals surface area contributed by atoms with Crippen LogP contribution in [0, 0.1) is 0 Å². The molecule has 3 rings (SSSR count). The van der Waals surface area contributed by atoms with E-state index in [-0.39, 0.29) is 24.0 Å². The maximum atomic E-state index is 5.43. The number of hydrogen-bond donors (Lipinski definition) is 2. The zero-order valence-corrected chi connectivity index (χ0v) is 19.8. The van der Waals surface area contributed by atoms with Crippen LogP contribution in [-0.4, -0.2) is 37.4 Å². The van der Waals surface area contributed by atoms with Gasteiger partial charge in [0.1, 0.15) is 0 Å². The summed E-state index contributed by atoms with van der Waals surface area (Å²) in [6, 6.07) is 6.09. The first kappa shape index (κ1) is 22.7. The van der Waals surface area contributed by atoms with E-state index < -0.39 is 0 Å². The Labute approximate surface area is 188 Å². The molecule has 0 saturated carbocycles. The molecule has 0 spiro atoms. The molecule has 0 amide bonds. The Balaban J connectivity index is 0.00000280. The summed E-state index contributed by atoms with van der Waals surface area (Å²) in [5.74, 6) is 2.99. The standard InChI is InChI=1S/C20H28N4O2S.HI/c1-4-21-20(23-10-8-16-12-27-19(24-16)14(2)3)22-9-7-15-5-6-17-18(11-15)26-13-25-17;/h5-6,11-12,14H,4,7-10,13H2,1-3H3,(H2,21,22,23);1H. The first-order valence-corrected chi connectivity index (χ1v) is 10.4. The predicted octanol–water partition coefficient (Wildman–Crippen LogP) is 3.95. The maximum absolute atomic E-state index is 5.43. The van der Waals surface area contributed by atoms with E-state index in [4.69, 9.17) is 9.47 Å². The van der Waals surface area contributed by atoms with E-state index in [2.05, 4.69) is 52.8 Å². The van der Waals surface area contributed by atoms with Crippen LogP contribution in [0.4, 0.5) is 0 Å². The second-order valence-corrected chi connectivity index (χ2v) is 7.60. The lowest BCUT2D eigenvalue weighted by molar-refractivity contribution is 0.174. The summed E-state index contributed by atoms with van der Waals surface area (Å²) < 4.78 is 10.8. The molecule has 154 valence electrons. The fourth-order valence-corrected chi connectivity index (χ4v) is 3.62. The minimum atomic E-state index is 0. The van der Waals surface area contributed by atoms with Crippen LogP contribution in [0.25, 0.3) is 0 Å². The number of fused-ring (bicyclic) bond motifs is 1. The predicted molar refractivity (Wildman–Crippen MR) is 126 cm³/mol. The zero-order chi connectivity index (χ0) is 19.1. The quantitative estimate of drug-likeness (QED) is 0.316. The fourth-order valence-electron chi connectivity index (χ4n) is 2.75. The van der Waals surface area contributed by atoms with Gasteiger partial charge in [-0.15, -0.1) is 35.3 Å². The van der Waals surface area contributed by atoms with Crippen LogP contribution in [0.5, 0.6) is 11.5 Å². The van der Waals surface area contributed by atoms with Gasteiger partial charge < -0.3 is 20.1 Å². The summed E-state index contributed by atoms with van der Waals surface area (Å²) in [7, 11) is 0. The highest BCUT2D eigenvalue weighted by Crippen LogP contribution is 2.32. The van der Waals surface area contributed by atoms with Gasteiger partial charge >= 0.3 is 0 Å². The van der Waals surface area contributed by atoms with Crippen LogP contribution < -0.4 is 20.1 Å². The van der Waals surface area contributed by atoms with E-state index in [1.165, 1.54) is 10.6 Å². The van der Waals surface area contributed by atoms with E-state index >= 15 is 0 Å². The summed E-state index contributed by atoms with van der Waals surface area (Å²) in [6.45, 7) is 9.10. The molecule has 1 aromatic carbocycles. The largest absolute Gasteiger partial charge is 0.454 e. The second-order valence-electron chi connectivity index (χ2n) is 6.71. The minimum absolute atomic E-state index is 0. The molecular formula is C20H29IN4O2S. The van der Waals surface area contributed by atoms with E-state index in [1.807, 2.05) is 12.1 Å². The molecule has 2 aromatic rings. The molecular weight excluding hydrogens is 487 g/mol. The second kappa shape index (κ2) is 11.5. The average Bonchev–Trinajstić information content (AvgIpc) is 3.30. The Hall–Kier alpha value is -1.55. The van der Waals surface area contributed by atoms with Gasteiger partial charge in [-0.25, -0.2) is 4.98 Å². The lowest BCUT2D eigenvalue weighted by atomic mass is 10.1. The van der Waals surface area contributed by atoms with Crippen LogP contribution in [0.3, 0.4) is 0 Å². The van der Waals surface area contributed by atoms with Crippen LogP contribution in [-0.2, 0) is 12.8 Å². The molecule has 2 heterocycles. The van der Waals surface area contributed by atoms with Crippen molar-refractivity contribution >= 4 is 41.3 Å². The molecule has 0 fully saturated rings. The number of rotatable bonds is 8. The monoisotopic (exact) mass is 516 g/mol. The van der Waals surface area contributed by atoms with Crippen LogP contribution in [0.15, 0.2) is 28.6 Å². The van der Waals surface area contributed by atoms with Crippen molar-refractivity contribution in [1.82, 2.24) is 15.6 Å². The van der Waals surface area contributed by atoms with Gasteiger partial charge in [0.25, 0.3) is 0 Å². The van der Waals surface area contributed by atoms with Gasteiger partial charge in [-0.05, 0) is 31.0 Å². The van der Waals surface area contributed by atoms with E-state index in [1.54, 1.807) is 11.3 Å². The van der Waals surface area contributed by atoms with Gasteiger partial charge in [0, 0.05) is 37.4 Å². The van der Waals surface area contributed by atoms with Crippen molar-refractivity contribution in [3.8, 4) is 11.5 Å². The number of guanidine groups is 1. The maximum Gasteiger partial charge on any atom is 0.231 e. The van der Waals surface area contributed by atoms with Gasteiger partial charge in [-0.1, -0.05) is 19.9 Å². The molecule has 1 aliphatic rings. The van der Waals surface area contributed by atoms with Crippen molar-refractivity contribution < 1.29 is 9.47 Å². The molecule has 8 heteroatoms. The minimum Gasteiger partial charge on any atom is -0.454 e. The Morgan fingerprint density at radius 1 is 1.21 bits per heavy atom. The molecule has 1 aliphatic heterocycles. The SMILES string of the molecule is CCNC(=NCCc1csc(C(C)C)n1)NCCc1ccc2c(c1)OCO2.I. The Bertz CT molecular complexity index is 779. The average molecular weight is 516 g/mol. The first-order chi connectivity index (χ1) is 13.2. The normalized spacial score (nSPS) is 12.8. The van der Waals surface area contributed by atoms with E-state index in [0.717, 1.165) is 55.6 Å². The van der Waals surface area contributed by atoms with Crippen LogP contribution in [0.1, 0.15) is 43.0 Å². The smallest absolute Gasteiger partial charge is 0.231 e. The molecule has 28 heavy (non-hydrogen) atoms. The lowest BCUT2D eigenvalue weighted by Crippen LogP contribution is -2.38. The summed E-state index contributed by atoms with van der Waals surface area (Å²) in [6.07, 6.45) is 1.76. The molecule has 2 N–H and O–H groups in total. The number of thiazole rings is 1. The summed E-state index contributed by atoms with van der Waals surface area (Å²) in [5, 5.41) is 10.0. The van der Waals surface area contributed by atoms with Crippen molar-refractivity contribution in [2.45, 2.75) is 39.5 Å². The number of benzene rings is 1. The van der Waals surface area contributed by atoms with Gasteiger partial charge in [0.15, 0.2) is 17.5 Å². The summed E-state index contributed by atoms with van der Waals surface area (Å²) in [4.78, 5) is 9.34. The number of aliphatic imine (C=N–C) groups is 1. The fraction of sp³-hybridized carbons (Fsp3) is 0.500. The Morgan fingerprint density at radius 3 is 2.79 bits per heavy atom. The van der Waals surface area contributed by atoms with Crippen molar-refractivity contribution in [3.63, 3.8) is 0 Å². The molecule has 0 bridgehead atoms. The van der Waals surface area contributed by atoms with Crippen molar-refractivity contribution in [2.75, 3.05) is 26.4 Å². The number of nitrogens with one attached hydrogen (secondary N) is 2. The van der Waals surface area contributed by atoms with Crippen molar-refractivity contribution in [1.29, 1.82) is 0 Å². The van der Waals surface area contributed by atoms with Crippen LogP contribution >= 0.6 is 35.3 Å². The third-order valence-electron chi connectivity index (χ3n) is 4.19. The number of hydrogen-bond acceptors (Lipinski definition) is 5. The van der Waals surface area contributed by atoms with Gasteiger partial charge in [0.05, 0.1) is 10.7 Å². The van der Waals surface area contributed by atoms with Crippen LogP contribution in [0.2, 0.25) is 0 Å². The molecule has 0 radical (unpaired) electrons. The van der Waals surface area contributed by atoms with E-state index in [0.29, 0.717) is 12.7 Å². The summed E-state index contributed by atoms with van der Waals surface area (Å²) >= 11 is 1.74. The first-order valence-electron chi connectivity index (χ1n) is 9.50. The Morgan fingerprint density at radius 2 is 2.04 bits per heavy atom. The molecule has 0 unspecified atom stereocenters. The molecule has 0 saturated heterocycles. The molecule has 0 aliphatic carbocycles. The van der Waals surface area contributed by atoms with Crippen molar-refractivity contribution in [2.24, 2.45) is 4.99 Å². The third-order valence-corrected chi connectivity index (χ3v) is 5.38. The zero-order valence-electron chi connectivity index (χ0n) is 16.7. The Kier molecular flexibility index (Phi) is 9.30. The van der Waals surface area contributed by atoms with Crippen molar-refractivity contribution in [3.05, 3.63) is 39.8 Å². The van der Waals surface area contributed by atoms with Gasteiger partial charge in [0.2, 0.25) is 6.79 Å².